The zero-order valence-corrected chi connectivity index (χ0v) is 10.9. The van der Waals surface area contributed by atoms with Gasteiger partial charge in [0.15, 0.2) is 5.82 Å². The molecular weight excluding hydrogens is 256 g/mol. The van der Waals surface area contributed by atoms with Crippen molar-refractivity contribution in [1.82, 2.24) is 24.7 Å². The number of ether oxygens (including phenoxy) is 1. The Kier molecular flexibility index (Phi) is 2.76. The smallest absolute Gasteiger partial charge is 0.252 e. The average molecular weight is 266 g/mol. The number of benzene rings is 1. The molecule has 0 unspecified atom stereocenters. The van der Waals surface area contributed by atoms with Crippen LogP contribution in [0.1, 0.15) is 11.6 Å². The second-order valence-corrected chi connectivity index (χ2v) is 4.10. The minimum atomic E-state index is 0.0947. The van der Waals surface area contributed by atoms with Crippen LogP contribution in [0, 0.1) is 18.3 Å². The fourth-order valence-corrected chi connectivity index (χ4v) is 1.92. The van der Waals surface area contributed by atoms with E-state index in [4.69, 9.17) is 10.00 Å². The number of nitriles is 1. The molecule has 0 spiro atoms. The van der Waals surface area contributed by atoms with Crippen LogP contribution in [0.25, 0.3) is 16.7 Å². The molecule has 2 aromatic heterocycles. The molecule has 1 aromatic carbocycles. The molecule has 0 atom stereocenters. The summed E-state index contributed by atoms with van der Waals surface area (Å²) in [6, 6.07) is 7.41. The van der Waals surface area contributed by atoms with Gasteiger partial charge in [0.2, 0.25) is 0 Å². The maximum absolute atomic E-state index is 8.81. The van der Waals surface area contributed by atoms with Crippen molar-refractivity contribution in [2.24, 2.45) is 0 Å². The molecule has 0 aliphatic rings. The van der Waals surface area contributed by atoms with Crippen molar-refractivity contribution >= 4 is 10.9 Å². The lowest BCUT2D eigenvalue weighted by molar-refractivity contribution is 0.415. The van der Waals surface area contributed by atoms with Gasteiger partial charge in [-0.05, 0) is 25.1 Å². The van der Waals surface area contributed by atoms with E-state index in [0.29, 0.717) is 17.4 Å². The molecule has 20 heavy (non-hydrogen) atoms. The van der Waals surface area contributed by atoms with Crippen molar-refractivity contribution in [3.05, 3.63) is 36.2 Å². The fourth-order valence-electron chi connectivity index (χ4n) is 1.92. The molecule has 98 valence electrons. The molecule has 0 saturated heterocycles. The van der Waals surface area contributed by atoms with Gasteiger partial charge in [-0.15, -0.1) is 5.10 Å². The Hall–Kier alpha value is -3.01. The predicted molar refractivity (Wildman–Crippen MR) is 70.5 cm³/mol. The van der Waals surface area contributed by atoms with Crippen molar-refractivity contribution in [3.8, 4) is 17.6 Å². The van der Waals surface area contributed by atoms with Gasteiger partial charge in [-0.2, -0.15) is 5.26 Å². The predicted octanol–water partition coefficient (Wildman–Crippen LogP) is 1.40. The highest BCUT2D eigenvalue weighted by atomic mass is 16.5. The molecule has 3 aromatic rings. The van der Waals surface area contributed by atoms with Gasteiger partial charge >= 0.3 is 0 Å². The SMILES string of the molecule is COc1ccc2nc(C)nc(-n3cnc(C#N)n3)c2c1. The van der Waals surface area contributed by atoms with Crippen molar-refractivity contribution in [1.29, 1.82) is 5.26 Å². The highest BCUT2D eigenvalue weighted by molar-refractivity contribution is 5.86. The lowest BCUT2D eigenvalue weighted by Crippen LogP contribution is -2.03. The van der Waals surface area contributed by atoms with E-state index in [9.17, 15) is 0 Å². The number of hydrogen-bond acceptors (Lipinski definition) is 6. The first-order chi connectivity index (χ1) is 9.71. The lowest BCUT2D eigenvalue weighted by atomic mass is 10.2. The van der Waals surface area contributed by atoms with Gasteiger partial charge in [-0.1, -0.05) is 0 Å². The Morgan fingerprint density at radius 1 is 1.30 bits per heavy atom. The van der Waals surface area contributed by atoms with Crippen molar-refractivity contribution in [2.45, 2.75) is 6.92 Å². The van der Waals surface area contributed by atoms with Crippen molar-refractivity contribution in [3.63, 3.8) is 0 Å². The molecule has 0 aliphatic heterocycles. The van der Waals surface area contributed by atoms with Gasteiger partial charge in [0, 0.05) is 5.39 Å². The van der Waals surface area contributed by atoms with Crippen LogP contribution in [0.4, 0.5) is 0 Å². The molecular formula is C13H10N6O. The van der Waals surface area contributed by atoms with Gasteiger partial charge in [-0.25, -0.2) is 19.6 Å². The van der Waals surface area contributed by atoms with Crippen LogP contribution in [-0.2, 0) is 0 Å². The molecule has 7 heteroatoms. The van der Waals surface area contributed by atoms with E-state index in [1.807, 2.05) is 24.3 Å². The number of fused-ring (bicyclic) bond motifs is 1. The van der Waals surface area contributed by atoms with E-state index >= 15 is 0 Å². The summed E-state index contributed by atoms with van der Waals surface area (Å²) in [4.78, 5) is 12.6. The minimum Gasteiger partial charge on any atom is -0.497 e. The van der Waals surface area contributed by atoms with Crippen LogP contribution >= 0.6 is 0 Å². The Morgan fingerprint density at radius 2 is 2.15 bits per heavy atom. The summed E-state index contributed by atoms with van der Waals surface area (Å²) in [5.41, 5.74) is 0.780. The molecule has 0 N–H and O–H groups in total. The topological polar surface area (TPSA) is 89.5 Å². The Labute approximate surface area is 114 Å². The number of rotatable bonds is 2. The summed E-state index contributed by atoms with van der Waals surface area (Å²) in [5.74, 6) is 1.98. The third kappa shape index (κ3) is 1.93. The fraction of sp³-hybridized carbons (Fsp3) is 0.154. The van der Waals surface area contributed by atoms with E-state index in [0.717, 1.165) is 10.9 Å². The number of hydrogen-bond donors (Lipinski definition) is 0. The Balaban J connectivity index is 2.30. The van der Waals surface area contributed by atoms with Crippen LogP contribution in [0.2, 0.25) is 0 Å². The van der Waals surface area contributed by atoms with Crippen LogP contribution in [0.15, 0.2) is 24.5 Å². The summed E-state index contributed by atoms with van der Waals surface area (Å²) in [7, 11) is 1.60. The number of aromatic nitrogens is 5. The first-order valence-electron chi connectivity index (χ1n) is 5.86. The lowest BCUT2D eigenvalue weighted by Gasteiger charge is -2.07. The largest absolute Gasteiger partial charge is 0.497 e. The zero-order chi connectivity index (χ0) is 14.1. The van der Waals surface area contributed by atoms with E-state index in [1.54, 1.807) is 14.0 Å². The first-order valence-corrected chi connectivity index (χ1v) is 5.86. The molecule has 0 saturated carbocycles. The monoisotopic (exact) mass is 266 g/mol. The van der Waals surface area contributed by atoms with Crippen molar-refractivity contribution < 1.29 is 4.74 Å². The second-order valence-electron chi connectivity index (χ2n) is 4.10. The third-order valence-electron chi connectivity index (χ3n) is 2.80. The van der Waals surface area contributed by atoms with Crippen LogP contribution in [-0.4, -0.2) is 31.8 Å². The molecule has 7 nitrogen and oxygen atoms in total. The summed E-state index contributed by atoms with van der Waals surface area (Å²) in [6.07, 6.45) is 1.46. The van der Waals surface area contributed by atoms with Gasteiger partial charge in [-0.3, -0.25) is 0 Å². The third-order valence-corrected chi connectivity index (χ3v) is 2.80. The minimum absolute atomic E-state index is 0.0947. The normalized spacial score (nSPS) is 10.4. The first kappa shape index (κ1) is 12.0. The number of aryl methyl sites for hydroxylation is 1. The van der Waals surface area contributed by atoms with E-state index in [1.165, 1.54) is 11.0 Å². The number of methoxy groups -OCH3 is 1. The number of nitrogens with zero attached hydrogens (tertiary/aromatic N) is 6. The second kappa shape index (κ2) is 4.59. The summed E-state index contributed by atoms with van der Waals surface area (Å²) >= 11 is 0. The van der Waals surface area contributed by atoms with Crippen LogP contribution in [0.3, 0.4) is 0 Å². The quantitative estimate of drug-likeness (QED) is 0.696. The zero-order valence-electron chi connectivity index (χ0n) is 10.9. The highest BCUT2D eigenvalue weighted by Gasteiger charge is 2.11. The van der Waals surface area contributed by atoms with Gasteiger partial charge in [0.1, 0.15) is 24.0 Å². The van der Waals surface area contributed by atoms with Crippen LogP contribution in [0.5, 0.6) is 5.75 Å². The van der Waals surface area contributed by atoms with Gasteiger partial charge < -0.3 is 4.74 Å². The van der Waals surface area contributed by atoms with E-state index in [2.05, 4.69) is 20.1 Å². The Morgan fingerprint density at radius 3 is 2.85 bits per heavy atom. The van der Waals surface area contributed by atoms with Crippen LogP contribution < -0.4 is 4.74 Å². The van der Waals surface area contributed by atoms with E-state index < -0.39 is 0 Å². The van der Waals surface area contributed by atoms with E-state index in [-0.39, 0.29) is 5.82 Å². The summed E-state index contributed by atoms with van der Waals surface area (Å²) < 4.78 is 6.68. The molecule has 2 heterocycles. The molecule has 0 amide bonds. The van der Waals surface area contributed by atoms with Crippen molar-refractivity contribution in [2.75, 3.05) is 7.11 Å². The molecule has 0 radical (unpaired) electrons. The maximum atomic E-state index is 8.81. The standard InChI is InChI=1S/C13H10N6O/c1-8-16-11-4-3-9(20-2)5-10(11)13(17-8)19-7-15-12(6-14)18-19/h3-5,7H,1-2H3. The molecule has 0 bridgehead atoms. The average Bonchev–Trinajstić information content (AvgIpc) is 2.94. The van der Waals surface area contributed by atoms with Gasteiger partial charge in [0.25, 0.3) is 5.82 Å². The van der Waals surface area contributed by atoms with Gasteiger partial charge in [0.05, 0.1) is 12.6 Å². The maximum Gasteiger partial charge on any atom is 0.252 e. The summed E-state index contributed by atoms with van der Waals surface area (Å²) in [6.45, 7) is 1.80. The molecule has 3 rings (SSSR count). The highest BCUT2D eigenvalue weighted by Crippen LogP contribution is 2.23. The Bertz CT molecular complexity index is 832. The molecule has 0 fully saturated rings. The summed E-state index contributed by atoms with van der Waals surface area (Å²) in [5, 5.41) is 13.6. The molecule has 0 aliphatic carbocycles.